The van der Waals surface area contributed by atoms with Crippen molar-refractivity contribution >= 4 is 15.9 Å². The number of hydrogen-bond donors (Lipinski definition) is 1. The van der Waals surface area contributed by atoms with Crippen molar-refractivity contribution in [2.24, 2.45) is 0 Å². The highest BCUT2D eigenvalue weighted by molar-refractivity contribution is 9.10. The fourth-order valence-corrected chi connectivity index (χ4v) is 3.14. The molecule has 0 saturated carbocycles. The first-order chi connectivity index (χ1) is 10.2. The Bertz CT molecular complexity index is 421. The maximum Gasteiger partial charge on any atom is 0.142 e. The summed E-state index contributed by atoms with van der Waals surface area (Å²) in [5.74, 6) is 1.37. The van der Waals surface area contributed by atoms with Crippen molar-refractivity contribution in [1.82, 2.24) is 0 Å². The van der Waals surface area contributed by atoms with Crippen LogP contribution >= 0.6 is 15.9 Å². The van der Waals surface area contributed by atoms with Gasteiger partial charge in [0.1, 0.15) is 16.0 Å². The van der Waals surface area contributed by atoms with E-state index >= 15 is 0 Å². The van der Waals surface area contributed by atoms with Crippen molar-refractivity contribution < 1.29 is 14.6 Å². The zero-order valence-corrected chi connectivity index (χ0v) is 14.9. The molecule has 0 bridgehead atoms. The molecule has 1 N–H and O–H groups in total. The Kier molecular flexibility index (Phi) is 8.77. The first-order valence-electron chi connectivity index (χ1n) is 7.74. The van der Waals surface area contributed by atoms with Gasteiger partial charge in [0.15, 0.2) is 0 Å². The van der Waals surface area contributed by atoms with Crippen LogP contribution in [0.2, 0.25) is 0 Å². The molecule has 0 saturated heterocycles. The third kappa shape index (κ3) is 5.51. The minimum atomic E-state index is -0.492. The molecule has 0 radical (unpaired) electrons. The first kappa shape index (κ1) is 18.3. The lowest BCUT2D eigenvalue weighted by atomic mass is 10.0. The van der Waals surface area contributed by atoms with Gasteiger partial charge in [-0.3, -0.25) is 0 Å². The molecule has 0 aliphatic heterocycles. The summed E-state index contributed by atoms with van der Waals surface area (Å²) in [6.45, 7) is 2.22. The molecule has 21 heavy (non-hydrogen) atoms. The predicted molar refractivity (Wildman–Crippen MR) is 90.2 cm³/mol. The average Bonchev–Trinajstić information content (AvgIpc) is 2.50. The van der Waals surface area contributed by atoms with Gasteiger partial charge in [-0.25, -0.2) is 0 Å². The van der Waals surface area contributed by atoms with E-state index in [1.807, 2.05) is 12.1 Å². The van der Waals surface area contributed by atoms with Gasteiger partial charge in [0, 0.05) is 5.56 Å². The molecule has 0 amide bonds. The van der Waals surface area contributed by atoms with Crippen molar-refractivity contribution in [3.63, 3.8) is 0 Å². The highest BCUT2D eigenvalue weighted by Crippen LogP contribution is 2.40. The SMILES string of the molecule is CCCCCCCCC(O)c1ccc(OC)c(Br)c1OC. The molecule has 1 unspecified atom stereocenters. The summed E-state index contributed by atoms with van der Waals surface area (Å²) in [5.41, 5.74) is 0.818. The Morgan fingerprint density at radius 1 is 1.05 bits per heavy atom. The second-order valence-electron chi connectivity index (χ2n) is 5.28. The molecule has 1 aromatic carbocycles. The molecule has 0 fully saturated rings. The molecule has 0 aromatic heterocycles. The largest absolute Gasteiger partial charge is 0.495 e. The number of unbranched alkanes of at least 4 members (excludes halogenated alkanes) is 5. The molecule has 0 spiro atoms. The van der Waals surface area contributed by atoms with E-state index in [2.05, 4.69) is 22.9 Å². The number of aliphatic hydroxyl groups is 1. The molecular formula is C17H27BrO3. The van der Waals surface area contributed by atoms with E-state index in [0.717, 1.165) is 22.9 Å². The van der Waals surface area contributed by atoms with Crippen molar-refractivity contribution in [3.05, 3.63) is 22.2 Å². The maximum absolute atomic E-state index is 10.4. The zero-order chi connectivity index (χ0) is 15.7. The number of rotatable bonds is 10. The van der Waals surface area contributed by atoms with E-state index in [1.54, 1.807) is 14.2 Å². The van der Waals surface area contributed by atoms with Gasteiger partial charge in [-0.05, 0) is 34.5 Å². The fraction of sp³-hybridized carbons (Fsp3) is 0.647. The van der Waals surface area contributed by atoms with Gasteiger partial charge in [-0.1, -0.05) is 45.4 Å². The monoisotopic (exact) mass is 358 g/mol. The van der Waals surface area contributed by atoms with Crippen molar-refractivity contribution in [1.29, 1.82) is 0 Å². The number of aliphatic hydroxyl groups excluding tert-OH is 1. The van der Waals surface area contributed by atoms with E-state index in [1.165, 1.54) is 32.1 Å². The van der Waals surface area contributed by atoms with Crippen LogP contribution in [-0.4, -0.2) is 19.3 Å². The smallest absolute Gasteiger partial charge is 0.142 e. The predicted octanol–water partition coefficient (Wildman–Crippen LogP) is 5.25. The van der Waals surface area contributed by atoms with Crippen LogP contribution in [0.5, 0.6) is 11.5 Å². The van der Waals surface area contributed by atoms with Crippen LogP contribution in [0.3, 0.4) is 0 Å². The molecule has 1 rings (SSSR count). The highest BCUT2D eigenvalue weighted by Gasteiger charge is 2.18. The van der Waals surface area contributed by atoms with Crippen LogP contribution in [0.25, 0.3) is 0 Å². The lowest BCUT2D eigenvalue weighted by molar-refractivity contribution is 0.159. The minimum absolute atomic E-state index is 0.492. The van der Waals surface area contributed by atoms with E-state index in [4.69, 9.17) is 9.47 Å². The number of methoxy groups -OCH3 is 2. The summed E-state index contributed by atoms with van der Waals surface area (Å²) in [6.07, 6.45) is 7.61. The normalized spacial score (nSPS) is 12.2. The van der Waals surface area contributed by atoms with Gasteiger partial charge >= 0.3 is 0 Å². The fourth-order valence-electron chi connectivity index (χ4n) is 2.45. The number of benzene rings is 1. The minimum Gasteiger partial charge on any atom is -0.495 e. The highest BCUT2D eigenvalue weighted by atomic mass is 79.9. The van der Waals surface area contributed by atoms with Crippen molar-refractivity contribution in [3.8, 4) is 11.5 Å². The van der Waals surface area contributed by atoms with E-state index in [9.17, 15) is 5.11 Å². The van der Waals surface area contributed by atoms with Gasteiger partial charge in [0.05, 0.1) is 20.3 Å². The Morgan fingerprint density at radius 2 is 1.71 bits per heavy atom. The standard InChI is InChI=1S/C17H27BrO3/c1-4-5-6-7-8-9-10-14(19)13-11-12-15(20-2)16(18)17(13)21-3/h11-12,14,19H,4-10H2,1-3H3. The van der Waals surface area contributed by atoms with Crippen LogP contribution in [0, 0.1) is 0 Å². The van der Waals surface area contributed by atoms with Crippen molar-refractivity contribution in [2.45, 2.75) is 58.0 Å². The maximum atomic E-state index is 10.4. The Morgan fingerprint density at radius 3 is 2.33 bits per heavy atom. The van der Waals surface area contributed by atoms with E-state index < -0.39 is 6.10 Å². The summed E-state index contributed by atoms with van der Waals surface area (Å²) in [6, 6.07) is 3.73. The Balaban J connectivity index is 2.57. The van der Waals surface area contributed by atoms with E-state index in [0.29, 0.717) is 11.5 Å². The first-order valence-corrected chi connectivity index (χ1v) is 8.53. The lowest BCUT2D eigenvalue weighted by Crippen LogP contribution is -2.02. The third-order valence-corrected chi connectivity index (χ3v) is 4.46. The molecule has 0 heterocycles. The van der Waals surface area contributed by atoms with Crippen LogP contribution < -0.4 is 9.47 Å². The second kappa shape index (κ2) is 10.1. The van der Waals surface area contributed by atoms with Crippen molar-refractivity contribution in [2.75, 3.05) is 14.2 Å². The van der Waals surface area contributed by atoms with Crippen LogP contribution in [0.4, 0.5) is 0 Å². The molecule has 3 nitrogen and oxygen atoms in total. The molecule has 0 aliphatic carbocycles. The number of halogens is 1. The lowest BCUT2D eigenvalue weighted by Gasteiger charge is -2.17. The summed E-state index contributed by atoms with van der Waals surface area (Å²) >= 11 is 3.47. The summed E-state index contributed by atoms with van der Waals surface area (Å²) < 4.78 is 11.4. The summed E-state index contributed by atoms with van der Waals surface area (Å²) in [7, 11) is 3.23. The summed E-state index contributed by atoms with van der Waals surface area (Å²) in [5, 5.41) is 10.4. The topological polar surface area (TPSA) is 38.7 Å². The summed E-state index contributed by atoms with van der Waals surface area (Å²) in [4.78, 5) is 0. The number of ether oxygens (including phenoxy) is 2. The number of hydrogen-bond acceptors (Lipinski definition) is 3. The quantitative estimate of drug-likeness (QED) is 0.580. The molecule has 4 heteroatoms. The Labute approximate surface area is 136 Å². The zero-order valence-electron chi connectivity index (χ0n) is 13.3. The van der Waals surface area contributed by atoms with Gasteiger partial charge in [0.25, 0.3) is 0 Å². The molecule has 120 valence electrons. The molecule has 1 aromatic rings. The average molecular weight is 359 g/mol. The second-order valence-corrected chi connectivity index (χ2v) is 6.07. The van der Waals surface area contributed by atoms with Gasteiger partial charge in [0.2, 0.25) is 0 Å². The Hall–Kier alpha value is -0.740. The molecular weight excluding hydrogens is 332 g/mol. The van der Waals surface area contributed by atoms with Gasteiger partial charge in [-0.2, -0.15) is 0 Å². The molecule has 1 atom stereocenters. The third-order valence-electron chi connectivity index (χ3n) is 3.71. The van der Waals surface area contributed by atoms with E-state index in [-0.39, 0.29) is 0 Å². The van der Waals surface area contributed by atoms with Gasteiger partial charge < -0.3 is 14.6 Å². The molecule has 0 aliphatic rings. The van der Waals surface area contributed by atoms with Gasteiger partial charge in [-0.15, -0.1) is 0 Å². The van der Waals surface area contributed by atoms with Crippen LogP contribution in [0.1, 0.15) is 63.5 Å². The van der Waals surface area contributed by atoms with Crippen LogP contribution in [-0.2, 0) is 0 Å². The van der Waals surface area contributed by atoms with Crippen LogP contribution in [0.15, 0.2) is 16.6 Å².